The molecule has 1 aliphatic rings. The molecule has 0 aromatic carbocycles. The number of rotatable bonds is 3. The number of aryl methyl sites for hydroxylation is 1. The van der Waals surface area contributed by atoms with Gasteiger partial charge in [0.05, 0.1) is 11.9 Å². The van der Waals surface area contributed by atoms with Crippen LogP contribution in [0.5, 0.6) is 0 Å². The van der Waals surface area contributed by atoms with Crippen molar-refractivity contribution in [2.45, 2.75) is 6.92 Å². The van der Waals surface area contributed by atoms with Crippen LogP contribution in [0.25, 0.3) is 11.5 Å². The summed E-state index contributed by atoms with van der Waals surface area (Å²) in [7, 11) is 0. The lowest BCUT2D eigenvalue weighted by Crippen LogP contribution is -2.47. The first kappa shape index (κ1) is 15.7. The predicted octanol–water partition coefficient (Wildman–Crippen LogP) is 1.34. The predicted molar refractivity (Wildman–Crippen MR) is 101 cm³/mol. The molecule has 27 heavy (non-hydrogen) atoms. The molecule has 9 heteroatoms. The summed E-state index contributed by atoms with van der Waals surface area (Å²) in [6, 6.07) is 7.88. The zero-order valence-electron chi connectivity index (χ0n) is 15.0. The molecule has 4 aromatic rings. The van der Waals surface area contributed by atoms with Crippen LogP contribution < -0.4 is 9.80 Å². The first-order chi connectivity index (χ1) is 13.3. The Hall–Kier alpha value is -3.49. The Morgan fingerprint density at radius 1 is 0.852 bits per heavy atom. The van der Waals surface area contributed by atoms with E-state index in [1.54, 1.807) is 21.7 Å². The smallest absolute Gasteiger partial charge is 0.158 e. The van der Waals surface area contributed by atoms with E-state index in [0.717, 1.165) is 55.0 Å². The number of fused-ring (bicyclic) bond motifs is 1. The molecule has 0 aliphatic carbocycles. The van der Waals surface area contributed by atoms with Gasteiger partial charge in [-0.25, -0.2) is 24.1 Å². The van der Waals surface area contributed by atoms with Gasteiger partial charge in [0, 0.05) is 50.7 Å². The molecule has 1 fully saturated rings. The highest BCUT2D eigenvalue weighted by Crippen LogP contribution is 2.19. The molecule has 5 rings (SSSR count). The van der Waals surface area contributed by atoms with Crippen LogP contribution in [0.2, 0.25) is 0 Å². The van der Waals surface area contributed by atoms with Crippen LogP contribution in [0.3, 0.4) is 0 Å². The zero-order chi connectivity index (χ0) is 18.2. The second kappa shape index (κ2) is 6.35. The quantitative estimate of drug-likeness (QED) is 0.545. The van der Waals surface area contributed by atoms with E-state index in [1.807, 2.05) is 43.6 Å². The minimum atomic E-state index is 0.781. The largest absolute Gasteiger partial charge is 0.353 e. The van der Waals surface area contributed by atoms with Crippen molar-refractivity contribution in [1.29, 1.82) is 0 Å². The van der Waals surface area contributed by atoms with Crippen molar-refractivity contribution in [1.82, 2.24) is 34.3 Å². The number of hydrogen-bond donors (Lipinski definition) is 0. The maximum absolute atomic E-state index is 4.68. The average molecular weight is 361 g/mol. The van der Waals surface area contributed by atoms with Crippen molar-refractivity contribution in [2.24, 2.45) is 0 Å². The van der Waals surface area contributed by atoms with Crippen molar-refractivity contribution >= 4 is 17.3 Å². The molecule has 0 saturated carbocycles. The van der Waals surface area contributed by atoms with Crippen LogP contribution >= 0.6 is 0 Å². The van der Waals surface area contributed by atoms with E-state index in [-0.39, 0.29) is 0 Å². The Balaban J connectivity index is 1.31. The van der Waals surface area contributed by atoms with Crippen LogP contribution in [-0.2, 0) is 0 Å². The topological polar surface area (TPSA) is 80.3 Å². The van der Waals surface area contributed by atoms with Gasteiger partial charge in [-0.3, -0.25) is 0 Å². The molecule has 9 nitrogen and oxygen atoms in total. The summed E-state index contributed by atoms with van der Waals surface area (Å²) in [6.45, 7) is 5.49. The molecule has 136 valence electrons. The summed E-state index contributed by atoms with van der Waals surface area (Å²) < 4.78 is 3.56. The monoisotopic (exact) mass is 361 g/mol. The van der Waals surface area contributed by atoms with Crippen LogP contribution in [0.4, 0.5) is 11.6 Å². The zero-order valence-corrected chi connectivity index (χ0v) is 15.0. The molecule has 0 spiro atoms. The Morgan fingerprint density at radius 3 is 2.41 bits per heavy atom. The standard InChI is InChI=1S/C18H19N9/c1-14-3-6-27(23-14)18-12-17(19-13-20-18)25-10-8-24(9-11-25)15-4-7-26-16(22-15)2-5-21-26/h2-7,12-13H,8-11H2,1H3. The summed E-state index contributed by atoms with van der Waals surface area (Å²) in [5, 5.41) is 8.62. The molecule has 1 aliphatic heterocycles. The summed E-state index contributed by atoms with van der Waals surface area (Å²) >= 11 is 0. The van der Waals surface area contributed by atoms with Crippen molar-refractivity contribution in [3.8, 4) is 5.82 Å². The van der Waals surface area contributed by atoms with Gasteiger partial charge in [-0.2, -0.15) is 10.2 Å². The van der Waals surface area contributed by atoms with Crippen molar-refractivity contribution < 1.29 is 0 Å². The third-order valence-corrected chi connectivity index (χ3v) is 4.77. The van der Waals surface area contributed by atoms with Crippen LogP contribution in [0.15, 0.2) is 49.2 Å². The van der Waals surface area contributed by atoms with Gasteiger partial charge in [0.15, 0.2) is 11.5 Å². The Morgan fingerprint density at radius 2 is 1.63 bits per heavy atom. The highest BCUT2D eigenvalue weighted by molar-refractivity contribution is 5.50. The molecule has 5 heterocycles. The van der Waals surface area contributed by atoms with E-state index < -0.39 is 0 Å². The van der Waals surface area contributed by atoms with E-state index in [0.29, 0.717) is 0 Å². The van der Waals surface area contributed by atoms with Gasteiger partial charge in [0.2, 0.25) is 0 Å². The summed E-state index contributed by atoms with van der Waals surface area (Å²) in [4.78, 5) is 18.0. The van der Waals surface area contributed by atoms with E-state index >= 15 is 0 Å². The van der Waals surface area contributed by atoms with Crippen molar-refractivity contribution in [3.05, 3.63) is 54.9 Å². The number of anilines is 2. The highest BCUT2D eigenvalue weighted by Gasteiger charge is 2.20. The van der Waals surface area contributed by atoms with Gasteiger partial charge >= 0.3 is 0 Å². The number of hydrogen-bond acceptors (Lipinski definition) is 7. The second-order valence-electron chi connectivity index (χ2n) is 6.53. The molecule has 0 atom stereocenters. The summed E-state index contributed by atoms with van der Waals surface area (Å²) in [6.07, 6.45) is 7.23. The molecule has 0 N–H and O–H groups in total. The maximum Gasteiger partial charge on any atom is 0.158 e. The fourth-order valence-electron chi connectivity index (χ4n) is 3.32. The minimum absolute atomic E-state index is 0.781. The van der Waals surface area contributed by atoms with Gasteiger partial charge in [-0.05, 0) is 19.1 Å². The third-order valence-electron chi connectivity index (χ3n) is 4.77. The lowest BCUT2D eigenvalue weighted by Gasteiger charge is -2.36. The molecule has 0 unspecified atom stereocenters. The molecule has 4 aromatic heterocycles. The van der Waals surface area contributed by atoms with Crippen LogP contribution in [0, 0.1) is 6.92 Å². The SMILES string of the molecule is Cc1ccn(-c2cc(N3CCN(c4ccn5nccc5n4)CC3)ncn2)n1. The minimum Gasteiger partial charge on any atom is -0.353 e. The van der Waals surface area contributed by atoms with Gasteiger partial charge in [-0.15, -0.1) is 0 Å². The van der Waals surface area contributed by atoms with Gasteiger partial charge < -0.3 is 9.80 Å². The fourth-order valence-corrected chi connectivity index (χ4v) is 3.32. The lowest BCUT2D eigenvalue weighted by molar-refractivity contribution is 0.639. The maximum atomic E-state index is 4.68. The van der Waals surface area contributed by atoms with E-state index in [1.165, 1.54) is 0 Å². The van der Waals surface area contributed by atoms with Crippen LogP contribution in [-0.4, -0.2) is 60.5 Å². The Labute approximate surface area is 155 Å². The third kappa shape index (κ3) is 2.97. The first-order valence-corrected chi connectivity index (χ1v) is 8.91. The summed E-state index contributed by atoms with van der Waals surface area (Å²) in [5.41, 5.74) is 1.83. The fraction of sp³-hybridized carbons (Fsp3) is 0.278. The molecular formula is C18H19N9. The molecule has 0 radical (unpaired) electrons. The van der Waals surface area contributed by atoms with Crippen molar-refractivity contribution in [3.63, 3.8) is 0 Å². The Bertz CT molecular complexity index is 1080. The average Bonchev–Trinajstić information content (AvgIpc) is 3.36. The highest BCUT2D eigenvalue weighted by atomic mass is 15.3. The van der Waals surface area contributed by atoms with E-state index in [2.05, 4.69) is 34.9 Å². The van der Waals surface area contributed by atoms with Gasteiger partial charge in [0.25, 0.3) is 0 Å². The van der Waals surface area contributed by atoms with E-state index in [4.69, 9.17) is 0 Å². The lowest BCUT2D eigenvalue weighted by atomic mass is 10.3. The van der Waals surface area contributed by atoms with Crippen molar-refractivity contribution in [2.75, 3.05) is 36.0 Å². The van der Waals surface area contributed by atoms with Gasteiger partial charge in [-0.1, -0.05) is 0 Å². The van der Waals surface area contributed by atoms with Gasteiger partial charge in [0.1, 0.15) is 18.0 Å². The van der Waals surface area contributed by atoms with Crippen LogP contribution in [0.1, 0.15) is 5.69 Å². The molecular weight excluding hydrogens is 342 g/mol. The second-order valence-corrected chi connectivity index (χ2v) is 6.53. The number of piperazine rings is 1. The molecule has 0 bridgehead atoms. The first-order valence-electron chi connectivity index (χ1n) is 8.91. The van der Waals surface area contributed by atoms with E-state index in [9.17, 15) is 0 Å². The molecule has 0 amide bonds. The number of nitrogens with zero attached hydrogens (tertiary/aromatic N) is 9. The molecule has 1 saturated heterocycles. The Kier molecular flexibility index (Phi) is 3.70. The normalized spacial score (nSPS) is 14.9. The summed E-state index contributed by atoms with van der Waals surface area (Å²) in [5.74, 6) is 2.69. The number of aromatic nitrogens is 7.